The van der Waals surface area contributed by atoms with E-state index in [2.05, 4.69) is 21.2 Å². The number of nitrogens with zero attached hydrogens (tertiary/aromatic N) is 1. The van der Waals surface area contributed by atoms with Crippen molar-refractivity contribution in [3.63, 3.8) is 0 Å². The fourth-order valence-electron chi connectivity index (χ4n) is 2.45. The molecule has 3 aromatic rings. The van der Waals surface area contributed by atoms with Crippen molar-refractivity contribution in [2.75, 3.05) is 5.32 Å². The largest absolute Gasteiger partial charge is 0.458 e. The van der Waals surface area contributed by atoms with Crippen LogP contribution in [-0.4, -0.2) is 23.9 Å². The van der Waals surface area contributed by atoms with Gasteiger partial charge in [0, 0.05) is 15.7 Å². The normalized spacial score (nSPS) is 10.7. The van der Waals surface area contributed by atoms with E-state index < -0.39 is 17.7 Å². The molecule has 0 aliphatic heterocycles. The van der Waals surface area contributed by atoms with Crippen LogP contribution in [0.3, 0.4) is 0 Å². The van der Waals surface area contributed by atoms with Crippen molar-refractivity contribution in [1.82, 2.24) is 10.7 Å². The number of hydrogen-bond donors (Lipinski definition) is 3. The van der Waals surface area contributed by atoms with Crippen LogP contribution in [0.4, 0.5) is 5.69 Å². The molecular weight excluding hydrogens is 479 g/mol. The van der Waals surface area contributed by atoms with Gasteiger partial charge in [-0.25, -0.2) is 5.43 Å². The van der Waals surface area contributed by atoms with Gasteiger partial charge in [-0.05, 0) is 48.5 Å². The third-order valence-corrected chi connectivity index (χ3v) is 4.71. The average molecular weight is 494 g/mol. The molecule has 1 heterocycles. The summed E-state index contributed by atoms with van der Waals surface area (Å²) in [7, 11) is 0. The number of anilines is 1. The zero-order valence-corrected chi connectivity index (χ0v) is 18.5. The Morgan fingerprint density at radius 1 is 0.938 bits per heavy atom. The van der Waals surface area contributed by atoms with Crippen LogP contribution in [0.2, 0.25) is 15.1 Å². The maximum absolute atomic E-state index is 12.1. The highest BCUT2D eigenvalue weighted by Crippen LogP contribution is 2.20. The first-order valence-corrected chi connectivity index (χ1v) is 10.2. The molecule has 3 amide bonds. The number of hydrogen-bond acceptors (Lipinski definition) is 5. The minimum atomic E-state index is -0.844. The van der Waals surface area contributed by atoms with Crippen molar-refractivity contribution in [3.05, 3.63) is 86.7 Å². The van der Waals surface area contributed by atoms with E-state index >= 15 is 0 Å². The van der Waals surface area contributed by atoms with Crippen LogP contribution < -0.4 is 16.1 Å². The Kier molecular flexibility index (Phi) is 7.88. The smallest absolute Gasteiger partial charge is 0.313 e. The van der Waals surface area contributed by atoms with Crippen molar-refractivity contribution in [2.24, 2.45) is 5.10 Å². The lowest BCUT2D eigenvalue weighted by molar-refractivity contribution is -0.136. The van der Waals surface area contributed by atoms with Crippen LogP contribution in [0, 0.1) is 0 Å². The number of nitrogens with one attached hydrogen (secondary N) is 3. The number of carbonyl (C=O) groups is 3. The summed E-state index contributed by atoms with van der Waals surface area (Å²) in [5, 5.41) is 9.71. The van der Waals surface area contributed by atoms with Gasteiger partial charge in [-0.2, -0.15) is 5.10 Å². The first-order valence-electron chi connectivity index (χ1n) is 9.04. The molecule has 0 saturated carbocycles. The second-order valence-electron chi connectivity index (χ2n) is 6.27. The Hall–Kier alpha value is -3.33. The molecule has 0 saturated heterocycles. The third-order valence-electron chi connectivity index (χ3n) is 3.93. The van der Waals surface area contributed by atoms with E-state index in [0.29, 0.717) is 27.3 Å². The Morgan fingerprint density at radius 2 is 1.72 bits per heavy atom. The lowest BCUT2D eigenvalue weighted by atomic mass is 10.2. The number of amides is 3. The highest BCUT2D eigenvalue weighted by atomic mass is 35.5. The molecule has 1 aromatic heterocycles. The van der Waals surface area contributed by atoms with E-state index in [1.807, 2.05) is 0 Å². The van der Waals surface area contributed by atoms with Crippen LogP contribution in [-0.2, 0) is 16.1 Å². The standard InChI is InChI=1S/C21H15Cl3N4O4/c22-12-2-1-3-14(8-12)27-21(31)20(30)25-10-15-5-6-16(32-15)11-26-28-19(29)17-7-4-13(23)9-18(17)24/h1-9,11H,10H2,(H,25,30)(H,27,31)(H,28,29)/b26-11-. The Bertz CT molecular complexity index is 1190. The zero-order chi connectivity index (χ0) is 23.1. The van der Waals surface area contributed by atoms with Crippen molar-refractivity contribution < 1.29 is 18.8 Å². The summed E-state index contributed by atoms with van der Waals surface area (Å²) in [4.78, 5) is 36.0. The van der Waals surface area contributed by atoms with Gasteiger partial charge >= 0.3 is 11.8 Å². The molecule has 2 aromatic carbocycles. The molecule has 0 radical (unpaired) electrons. The van der Waals surface area contributed by atoms with Crippen LogP contribution in [0.1, 0.15) is 21.9 Å². The Labute approximate surface area is 197 Å². The summed E-state index contributed by atoms with van der Waals surface area (Å²) in [5.41, 5.74) is 2.93. The predicted molar refractivity (Wildman–Crippen MR) is 122 cm³/mol. The zero-order valence-electron chi connectivity index (χ0n) is 16.2. The molecule has 11 heteroatoms. The lowest BCUT2D eigenvalue weighted by Gasteiger charge is -2.05. The highest BCUT2D eigenvalue weighted by Gasteiger charge is 2.14. The van der Waals surface area contributed by atoms with Gasteiger partial charge in [0.2, 0.25) is 0 Å². The molecule has 0 spiro atoms. The van der Waals surface area contributed by atoms with Gasteiger partial charge in [0.15, 0.2) is 0 Å². The van der Waals surface area contributed by atoms with Crippen molar-refractivity contribution in [2.45, 2.75) is 6.54 Å². The van der Waals surface area contributed by atoms with E-state index in [9.17, 15) is 14.4 Å². The first-order chi connectivity index (χ1) is 15.3. The minimum absolute atomic E-state index is 0.0254. The second-order valence-corrected chi connectivity index (χ2v) is 7.55. The minimum Gasteiger partial charge on any atom is -0.458 e. The fraction of sp³-hybridized carbons (Fsp3) is 0.0476. The highest BCUT2D eigenvalue weighted by molar-refractivity contribution is 6.40. The van der Waals surface area contributed by atoms with Crippen LogP contribution >= 0.6 is 34.8 Å². The molecule has 32 heavy (non-hydrogen) atoms. The summed E-state index contributed by atoms with van der Waals surface area (Å²) in [6.45, 7) is -0.0254. The van der Waals surface area contributed by atoms with Gasteiger partial charge in [0.1, 0.15) is 11.5 Å². The van der Waals surface area contributed by atoms with E-state index in [1.54, 1.807) is 30.3 Å². The van der Waals surface area contributed by atoms with E-state index in [0.717, 1.165) is 0 Å². The summed E-state index contributed by atoms with van der Waals surface area (Å²) in [6, 6.07) is 14.1. The molecule has 0 bridgehead atoms. The molecule has 0 unspecified atom stereocenters. The molecule has 3 rings (SSSR count). The summed E-state index contributed by atoms with van der Waals surface area (Å²) < 4.78 is 5.47. The summed E-state index contributed by atoms with van der Waals surface area (Å²) in [6.07, 6.45) is 1.28. The number of carbonyl (C=O) groups excluding carboxylic acids is 3. The van der Waals surface area contributed by atoms with E-state index in [4.69, 9.17) is 39.2 Å². The maximum atomic E-state index is 12.1. The number of furan rings is 1. The Balaban J connectivity index is 1.48. The maximum Gasteiger partial charge on any atom is 0.313 e. The molecule has 0 fully saturated rings. The summed E-state index contributed by atoms with van der Waals surface area (Å²) >= 11 is 17.6. The van der Waals surface area contributed by atoms with Crippen molar-refractivity contribution in [3.8, 4) is 0 Å². The average Bonchev–Trinajstić information content (AvgIpc) is 3.19. The van der Waals surface area contributed by atoms with E-state index in [-0.39, 0.29) is 17.1 Å². The van der Waals surface area contributed by atoms with Crippen LogP contribution in [0.15, 0.2) is 64.1 Å². The molecular formula is C21H15Cl3N4O4. The van der Waals surface area contributed by atoms with Crippen molar-refractivity contribution >= 4 is 64.4 Å². The van der Waals surface area contributed by atoms with Crippen molar-refractivity contribution in [1.29, 1.82) is 0 Å². The van der Waals surface area contributed by atoms with Gasteiger partial charge in [-0.15, -0.1) is 0 Å². The summed E-state index contributed by atoms with van der Waals surface area (Å²) in [5.74, 6) is -1.51. The molecule has 8 nitrogen and oxygen atoms in total. The molecule has 0 atom stereocenters. The first kappa shape index (κ1) is 23.3. The number of benzene rings is 2. The van der Waals surface area contributed by atoms with Crippen LogP contribution in [0.25, 0.3) is 0 Å². The quantitative estimate of drug-likeness (QED) is 0.270. The topological polar surface area (TPSA) is 113 Å². The van der Waals surface area contributed by atoms with Gasteiger partial charge in [-0.1, -0.05) is 40.9 Å². The second kappa shape index (κ2) is 10.8. The van der Waals surface area contributed by atoms with Gasteiger partial charge in [0.05, 0.1) is 23.3 Å². The molecule has 0 aliphatic rings. The lowest BCUT2D eigenvalue weighted by Crippen LogP contribution is -2.34. The molecule has 164 valence electrons. The Morgan fingerprint density at radius 3 is 2.47 bits per heavy atom. The fourth-order valence-corrected chi connectivity index (χ4v) is 3.13. The van der Waals surface area contributed by atoms with Crippen LogP contribution in [0.5, 0.6) is 0 Å². The monoisotopic (exact) mass is 492 g/mol. The predicted octanol–water partition coefficient (Wildman–Crippen LogP) is 4.26. The van der Waals surface area contributed by atoms with E-state index in [1.165, 1.54) is 30.5 Å². The van der Waals surface area contributed by atoms with Gasteiger partial charge in [-0.3, -0.25) is 14.4 Å². The number of rotatable bonds is 6. The SMILES string of the molecule is O=C(NCc1ccc(/C=N\NC(=O)c2ccc(Cl)cc2Cl)o1)C(=O)Nc1cccc(Cl)c1. The van der Waals surface area contributed by atoms with Gasteiger partial charge in [0.25, 0.3) is 5.91 Å². The molecule has 3 N–H and O–H groups in total. The number of halogens is 3. The van der Waals surface area contributed by atoms with Gasteiger partial charge < -0.3 is 15.1 Å². The molecule has 0 aliphatic carbocycles. The number of hydrazone groups is 1. The third kappa shape index (κ3) is 6.58.